The molecule has 0 aliphatic carbocycles. The third-order valence-electron chi connectivity index (χ3n) is 4.94. The second-order valence-corrected chi connectivity index (χ2v) is 9.41. The van der Waals surface area contributed by atoms with Gasteiger partial charge in [-0.2, -0.15) is 30.6 Å². The van der Waals surface area contributed by atoms with E-state index in [9.17, 15) is 34.8 Å². The molecule has 33 heavy (non-hydrogen) atoms. The van der Waals surface area contributed by atoms with Gasteiger partial charge in [0.1, 0.15) is 0 Å². The van der Waals surface area contributed by atoms with Gasteiger partial charge in [0.05, 0.1) is 16.0 Å². The highest BCUT2D eigenvalue weighted by Crippen LogP contribution is 2.31. The van der Waals surface area contributed by atoms with Crippen molar-refractivity contribution >= 4 is 10.0 Å². The van der Waals surface area contributed by atoms with E-state index in [1.54, 1.807) is 19.1 Å². The van der Waals surface area contributed by atoms with Gasteiger partial charge >= 0.3 is 12.4 Å². The van der Waals surface area contributed by atoms with Gasteiger partial charge in [-0.3, -0.25) is 0 Å². The molecule has 0 heterocycles. The largest absolute Gasteiger partial charge is 0.416 e. The molecule has 0 bridgehead atoms. The van der Waals surface area contributed by atoms with Crippen molar-refractivity contribution in [2.75, 3.05) is 0 Å². The van der Waals surface area contributed by atoms with Gasteiger partial charge in [-0.1, -0.05) is 42.0 Å². The molecule has 0 spiro atoms. The number of rotatable bonds is 6. The molecular formula is C23H19F6NO2S. The molecule has 0 unspecified atom stereocenters. The zero-order chi connectivity index (χ0) is 24.4. The van der Waals surface area contributed by atoms with E-state index >= 15 is 0 Å². The minimum atomic E-state index is -4.54. The Labute approximate surface area is 187 Å². The minimum absolute atomic E-state index is 0.0353. The summed E-state index contributed by atoms with van der Waals surface area (Å²) >= 11 is 0. The third kappa shape index (κ3) is 6.14. The summed E-state index contributed by atoms with van der Waals surface area (Å²) in [4.78, 5) is -0.0353. The second kappa shape index (κ2) is 9.18. The number of benzene rings is 3. The van der Waals surface area contributed by atoms with Crippen LogP contribution in [0.5, 0.6) is 0 Å². The van der Waals surface area contributed by atoms with E-state index in [2.05, 4.69) is 0 Å². The summed E-state index contributed by atoms with van der Waals surface area (Å²) in [6, 6.07) is 14.1. The number of sulfonamides is 1. The predicted molar refractivity (Wildman–Crippen MR) is 110 cm³/mol. The van der Waals surface area contributed by atoms with Crippen LogP contribution in [0.1, 0.15) is 27.8 Å². The molecule has 3 aromatic rings. The van der Waals surface area contributed by atoms with Crippen molar-refractivity contribution in [3.05, 3.63) is 101 Å². The van der Waals surface area contributed by atoms with E-state index in [4.69, 9.17) is 0 Å². The maximum absolute atomic E-state index is 13.3. The first-order valence-electron chi connectivity index (χ1n) is 9.66. The summed E-state index contributed by atoms with van der Waals surface area (Å²) in [6.07, 6.45) is -9.07. The van der Waals surface area contributed by atoms with Gasteiger partial charge in [0.2, 0.25) is 10.0 Å². The lowest BCUT2D eigenvalue weighted by Gasteiger charge is -2.23. The zero-order valence-electron chi connectivity index (χ0n) is 17.3. The highest BCUT2D eigenvalue weighted by atomic mass is 32.2. The summed E-state index contributed by atoms with van der Waals surface area (Å²) in [5.74, 6) is 0. The number of halogens is 6. The van der Waals surface area contributed by atoms with Crippen LogP contribution in [0, 0.1) is 6.92 Å². The van der Waals surface area contributed by atoms with E-state index < -0.39 is 33.5 Å². The van der Waals surface area contributed by atoms with Crippen molar-refractivity contribution in [1.82, 2.24) is 4.31 Å². The van der Waals surface area contributed by atoms with E-state index in [1.807, 2.05) is 0 Å². The fraction of sp³-hybridized carbons (Fsp3) is 0.217. The topological polar surface area (TPSA) is 37.4 Å². The number of hydrogen-bond acceptors (Lipinski definition) is 2. The van der Waals surface area contributed by atoms with Crippen molar-refractivity contribution in [2.24, 2.45) is 0 Å². The second-order valence-electron chi connectivity index (χ2n) is 7.48. The van der Waals surface area contributed by atoms with Crippen LogP contribution in [0.4, 0.5) is 26.3 Å². The van der Waals surface area contributed by atoms with Crippen molar-refractivity contribution in [3.63, 3.8) is 0 Å². The van der Waals surface area contributed by atoms with Gasteiger partial charge in [0.25, 0.3) is 0 Å². The van der Waals surface area contributed by atoms with Crippen LogP contribution in [0.2, 0.25) is 0 Å². The Kier molecular flexibility index (Phi) is 6.90. The molecule has 0 radical (unpaired) electrons. The first kappa shape index (κ1) is 24.8. The number of alkyl halides is 6. The van der Waals surface area contributed by atoms with Gasteiger partial charge in [-0.25, -0.2) is 8.42 Å². The smallest absolute Gasteiger partial charge is 0.207 e. The van der Waals surface area contributed by atoms with Crippen molar-refractivity contribution in [3.8, 4) is 0 Å². The van der Waals surface area contributed by atoms with Gasteiger partial charge < -0.3 is 0 Å². The van der Waals surface area contributed by atoms with Crippen LogP contribution in [0.25, 0.3) is 0 Å². The van der Waals surface area contributed by atoms with Gasteiger partial charge in [0.15, 0.2) is 0 Å². The van der Waals surface area contributed by atoms with Crippen molar-refractivity contribution in [2.45, 2.75) is 37.3 Å². The SMILES string of the molecule is Cc1ccc(S(=O)(=O)N(Cc2ccc(C(F)(F)F)cc2)Cc2ccc(C(F)(F)F)cc2)cc1. The first-order chi connectivity index (χ1) is 15.3. The normalized spacial score (nSPS) is 12.8. The zero-order valence-corrected chi connectivity index (χ0v) is 18.1. The molecule has 3 rings (SSSR count). The molecule has 3 aromatic carbocycles. The molecular weight excluding hydrogens is 468 g/mol. The molecule has 0 atom stereocenters. The average Bonchev–Trinajstić information content (AvgIpc) is 2.73. The summed E-state index contributed by atoms with van der Waals surface area (Å²) < 4.78 is 105. The molecule has 0 saturated carbocycles. The molecule has 0 N–H and O–H groups in total. The van der Waals surface area contributed by atoms with Crippen LogP contribution < -0.4 is 0 Å². The quantitative estimate of drug-likeness (QED) is 0.376. The lowest BCUT2D eigenvalue weighted by molar-refractivity contribution is -0.138. The Bertz CT molecular complexity index is 1120. The molecule has 0 saturated heterocycles. The van der Waals surface area contributed by atoms with Gasteiger partial charge in [-0.15, -0.1) is 0 Å². The van der Waals surface area contributed by atoms with Crippen LogP contribution in [-0.4, -0.2) is 12.7 Å². The molecule has 0 fully saturated rings. The van der Waals surface area contributed by atoms with Crippen molar-refractivity contribution < 1.29 is 34.8 Å². The number of hydrogen-bond donors (Lipinski definition) is 0. The van der Waals surface area contributed by atoms with E-state index in [-0.39, 0.29) is 18.0 Å². The molecule has 0 aliphatic heterocycles. The molecule has 0 aliphatic rings. The fourth-order valence-electron chi connectivity index (χ4n) is 3.09. The maximum Gasteiger partial charge on any atom is 0.416 e. The van der Waals surface area contributed by atoms with E-state index in [1.165, 1.54) is 36.4 Å². The van der Waals surface area contributed by atoms with Gasteiger partial charge in [-0.05, 0) is 54.4 Å². The number of aryl methyl sites for hydroxylation is 1. The minimum Gasteiger partial charge on any atom is -0.207 e. The monoisotopic (exact) mass is 487 g/mol. The molecule has 3 nitrogen and oxygen atoms in total. The van der Waals surface area contributed by atoms with Crippen LogP contribution in [-0.2, 0) is 35.5 Å². The molecule has 176 valence electrons. The highest BCUT2D eigenvalue weighted by molar-refractivity contribution is 7.89. The fourth-order valence-corrected chi connectivity index (χ4v) is 4.51. The highest BCUT2D eigenvalue weighted by Gasteiger charge is 2.32. The third-order valence-corrected chi connectivity index (χ3v) is 6.75. The van der Waals surface area contributed by atoms with E-state index in [0.29, 0.717) is 11.1 Å². The molecule has 10 heteroatoms. The van der Waals surface area contributed by atoms with Crippen LogP contribution in [0.3, 0.4) is 0 Å². The summed E-state index contributed by atoms with van der Waals surface area (Å²) in [5.41, 5.74) is -0.328. The summed E-state index contributed by atoms with van der Waals surface area (Å²) in [5, 5.41) is 0. The molecule has 0 aromatic heterocycles. The summed E-state index contributed by atoms with van der Waals surface area (Å²) in [7, 11) is -4.10. The first-order valence-corrected chi connectivity index (χ1v) is 11.1. The predicted octanol–water partition coefficient (Wildman–Crippen LogP) is 6.42. The lowest BCUT2D eigenvalue weighted by atomic mass is 10.1. The standard InChI is InChI=1S/C23H19F6NO2S/c1-16-2-12-21(13-3-16)33(31,32)30(14-17-4-8-19(9-5-17)22(24,25)26)15-18-6-10-20(11-7-18)23(27,28)29/h2-13H,14-15H2,1H3. The van der Waals surface area contributed by atoms with E-state index in [0.717, 1.165) is 34.1 Å². The number of nitrogens with zero attached hydrogens (tertiary/aromatic N) is 1. The Morgan fingerprint density at radius 3 is 1.33 bits per heavy atom. The van der Waals surface area contributed by atoms with Crippen LogP contribution in [0.15, 0.2) is 77.7 Å². The summed E-state index contributed by atoms with van der Waals surface area (Å²) in [6.45, 7) is 1.24. The Morgan fingerprint density at radius 1 is 0.636 bits per heavy atom. The maximum atomic E-state index is 13.3. The Hall–Kier alpha value is -2.85. The molecule has 0 amide bonds. The lowest BCUT2D eigenvalue weighted by Crippen LogP contribution is -2.30. The Balaban J connectivity index is 1.94. The van der Waals surface area contributed by atoms with Gasteiger partial charge in [0, 0.05) is 13.1 Å². The average molecular weight is 487 g/mol. The Morgan fingerprint density at radius 2 is 1.00 bits per heavy atom. The van der Waals surface area contributed by atoms with Crippen molar-refractivity contribution in [1.29, 1.82) is 0 Å². The van der Waals surface area contributed by atoms with Crippen LogP contribution >= 0.6 is 0 Å².